The fourth-order valence-electron chi connectivity index (χ4n) is 4.29. The van der Waals surface area contributed by atoms with Gasteiger partial charge in [-0.1, -0.05) is 23.8 Å². The number of Topliss-reactive ketones (excluding diaryl/α,β-unsaturated/α-hetero) is 1. The molecular weight excluding hydrogens is 488 g/mol. The molecule has 0 amide bonds. The Hall–Kier alpha value is -3.19. The molecule has 2 aliphatic heterocycles. The molecule has 2 aromatic carbocycles. The number of aromatic hydroxyl groups is 2. The van der Waals surface area contributed by atoms with Crippen LogP contribution in [0.5, 0.6) is 23.0 Å². The molecule has 0 spiro atoms. The van der Waals surface area contributed by atoms with E-state index < -0.39 is 61.1 Å². The molecule has 11 heteroatoms. The van der Waals surface area contributed by atoms with Crippen molar-refractivity contribution in [3.8, 4) is 23.0 Å². The van der Waals surface area contributed by atoms with Crippen LogP contribution in [0.15, 0.2) is 42.0 Å². The van der Waals surface area contributed by atoms with Crippen molar-refractivity contribution in [1.82, 2.24) is 0 Å². The van der Waals surface area contributed by atoms with Gasteiger partial charge in [-0.2, -0.15) is 0 Å². The number of allylic oxidation sites excluding steroid dienone is 2. The summed E-state index contributed by atoms with van der Waals surface area (Å²) in [6.07, 6.45) is -8.68. The highest BCUT2D eigenvalue weighted by Gasteiger charge is 2.46. The van der Waals surface area contributed by atoms with Gasteiger partial charge < -0.3 is 50.0 Å². The summed E-state index contributed by atoms with van der Waals surface area (Å²) in [5.41, 5.74) is 1.17. The van der Waals surface area contributed by atoms with Gasteiger partial charge in [0, 0.05) is 11.6 Å². The molecule has 2 heterocycles. The zero-order valence-electron chi connectivity index (χ0n) is 20.2. The lowest BCUT2D eigenvalue weighted by atomic mass is 9.90. The summed E-state index contributed by atoms with van der Waals surface area (Å²) in [4.78, 5) is 13.1. The van der Waals surface area contributed by atoms with Gasteiger partial charge in [0.2, 0.25) is 12.1 Å². The summed E-state index contributed by atoms with van der Waals surface area (Å²) in [6, 6.07) is 7.02. The quantitative estimate of drug-likeness (QED) is 0.263. The van der Waals surface area contributed by atoms with E-state index in [1.807, 2.05) is 13.8 Å². The average molecular weight is 519 g/mol. The Morgan fingerprint density at radius 1 is 1.03 bits per heavy atom. The summed E-state index contributed by atoms with van der Waals surface area (Å²) >= 11 is 0. The van der Waals surface area contributed by atoms with Crippen molar-refractivity contribution in [2.75, 3.05) is 6.61 Å². The first kappa shape index (κ1) is 26.9. The number of aliphatic hydroxyl groups excluding tert-OH is 5. The number of fused-ring (bicyclic) bond motifs is 1. The topological polar surface area (TPSA) is 186 Å². The number of aliphatic hydroxyl groups is 5. The fraction of sp³-hybridized carbons (Fsp3) is 0.423. The van der Waals surface area contributed by atoms with E-state index in [0.717, 1.165) is 5.57 Å². The normalized spacial score (nSPS) is 29.3. The SMILES string of the molecule is CC(C)=CCc1c(O[C@H]2O[C@@H](CO)[C@@H](O)[C@@H](O)[C@@H]2O)cc2c(c1O)C(=O)[C@H](O)[C@H](c1ccc(O)cc1)O2. The smallest absolute Gasteiger partial charge is 0.229 e. The van der Waals surface area contributed by atoms with E-state index in [9.17, 15) is 40.5 Å². The number of phenols is 2. The Morgan fingerprint density at radius 3 is 2.32 bits per heavy atom. The van der Waals surface area contributed by atoms with Crippen LogP contribution in [-0.4, -0.2) is 84.9 Å². The molecule has 7 atom stereocenters. The van der Waals surface area contributed by atoms with E-state index in [4.69, 9.17) is 14.2 Å². The molecule has 0 unspecified atom stereocenters. The second-order valence-electron chi connectivity index (χ2n) is 9.31. The largest absolute Gasteiger partial charge is 0.508 e. The van der Waals surface area contributed by atoms with Crippen LogP contribution in [0.3, 0.4) is 0 Å². The first-order valence-electron chi connectivity index (χ1n) is 11.7. The molecule has 11 nitrogen and oxygen atoms in total. The molecule has 1 saturated heterocycles. The van der Waals surface area contributed by atoms with Gasteiger partial charge in [0.25, 0.3) is 0 Å². The van der Waals surface area contributed by atoms with Crippen LogP contribution in [0.25, 0.3) is 0 Å². The predicted octanol–water partition coefficient (Wildman–Crippen LogP) is 0.462. The number of ketones is 1. The molecule has 1 fully saturated rings. The first-order valence-corrected chi connectivity index (χ1v) is 11.7. The monoisotopic (exact) mass is 518 g/mol. The minimum atomic E-state index is -1.71. The molecule has 7 N–H and O–H groups in total. The Morgan fingerprint density at radius 2 is 1.70 bits per heavy atom. The maximum atomic E-state index is 13.1. The number of carbonyl (C=O) groups is 1. The van der Waals surface area contributed by atoms with Crippen molar-refractivity contribution >= 4 is 5.78 Å². The fourth-order valence-corrected chi connectivity index (χ4v) is 4.29. The Kier molecular flexibility index (Phi) is 7.74. The van der Waals surface area contributed by atoms with Crippen molar-refractivity contribution in [1.29, 1.82) is 0 Å². The van der Waals surface area contributed by atoms with E-state index in [-0.39, 0.29) is 34.8 Å². The Balaban J connectivity index is 1.77. The molecule has 200 valence electrons. The molecule has 2 aliphatic rings. The lowest BCUT2D eigenvalue weighted by Crippen LogP contribution is -2.60. The summed E-state index contributed by atoms with van der Waals surface area (Å²) < 4.78 is 17.2. The summed E-state index contributed by atoms with van der Waals surface area (Å²) in [5.74, 6) is -1.45. The highest BCUT2D eigenvalue weighted by atomic mass is 16.7. The van der Waals surface area contributed by atoms with E-state index in [1.54, 1.807) is 6.08 Å². The van der Waals surface area contributed by atoms with Crippen molar-refractivity contribution in [2.45, 2.75) is 63.2 Å². The second kappa shape index (κ2) is 10.7. The maximum absolute atomic E-state index is 13.1. The zero-order valence-corrected chi connectivity index (χ0v) is 20.2. The number of carbonyl (C=O) groups excluding carboxylic acids is 1. The van der Waals surface area contributed by atoms with Crippen LogP contribution >= 0.6 is 0 Å². The minimum Gasteiger partial charge on any atom is -0.508 e. The number of ether oxygens (including phenoxy) is 3. The van der Waals surface area contributed by atoms with Gasteiger partial charge in [0.05, 0.1) is 6.61 Å². The Bertz CT molecular complexity index is 1170. The highest BCUT2D eigenvalue weighted by Crippen LogP contribution is 2.46. The molecule has 0 aliphatic carbocycles. The molecule has 0 aromatic heterocycles. The molecule has 0 saturated carbocycles. The molecular formula is C26H30O11. The van der Waals surface area contributed by atoms with Crippen molar-refractivity contribution in [3.05, 3.63) is 58.7 Å². The number of rotatable bonds is 6. The van der Waals surface area contributed by atoms with Gasteiger partial charge in [0.1, 0.15) is 53.0 Å². The first-order chi connectivity index (χ1) is 17.5. The lowest BCUT2D eigenvalue weighted by Gasteiger charge is -2.40. The van der Waals surface area contributed by atoms with Crippen LogP contribution in [0.4, 0.5) is 0 Å². The van der Waals surface area contributed by atoms with E-state index in [1.165, 1.54) is 30.3 Å². The number of benzene rings is 2. The predicted molar refractivity (Wildman–Crippen MR) is 127 cm³/mol. The third-order valence-electron chi connectivity index (χ3n) is 6.41. The van der Waals surface area contributed by atoms with Gasteiger partial charge >= 0.3 is 0 Å². The van der Waals surface area contributed by atoms with Gasteiger partial charge in [0.15, 0.2) is 12.2 Å². The molecule has 0 bridgehead atoms. The number of phenolic OH excluding ortho intramolecular Hbond substituents is 2. The zero-order chi connectivity index (χ0) is 27.0. The molecule has 0 radical (unpaired) electrons. The van der Waals surface area contributed by atoms with Gasteiger partial charge in [-0.25, -0.2) is 0 Å². The lowest BCUT2D eigenvalue weighted by molar-refractivity contribution is -0.277. The summed E-state index contributed by atoms with van der Waals surface area (Å²) in [7, 11) is 0. The highest BCUT2D eigenvalue weighted by molar-refractivity contribution is 6.06. The van der Waals surface area contributed by atoms with Crippen LogP contribution in [0.2, 0.25) is 0 Å². The van der Waals surface area contributed by atoms with Crippen LogP contribution in [0.1, 0.15) is 41.4 Å². The minimum absolute atomic E-state index is 0.0162. The van der Waals surface area contributed by atoms with Crippen LogP contribution < -0.4 is 9.47 Å². The van der Waals surface area contributed by atoms with Gasteiger partial charge in [-0.05, 0) is 38.0 Å². The third kappa shape index (κ3) is 5.14. The standard InChI is InChI=1S/C26H30O11/c1-11(2)3-8-14-15(36-26-24(34)22(32)20(30)17(10-27)37-26)9-16-18(19(14)29)21(31)23(33)25(35-16)12-4-6-13(28)7-5-12/h3-7,9,17,20,22-30,32-34H,8,10H2,1-2H3/t17-,20+,22+,23-,24-,25-,26-/m0/s1. The number of hydrogen-bond donors (Lipinski definition) is 7. The van der Waals surface area contributed by atoms with Crippen LogP contribution in [-0.2, 0) is 11.2 Å². The van der Waals surface area contributed by atoms with E-state index in [0.29, 0.717) is 5.56 Å². The summed E-state index contributed by atoms with van der Waals surface area (Å²) in [6.45, 7) is 3.00. The van der Waals surface area contributed by atoms with Gasteiger partial charge in [-0.3, -0.25) is 4.79 Å². The van der Waals surface area contributed by atoms with Crippen molar-refractivity contribution in [2.24, 2.45) is 0 Å². The molecule has 37 heavy (non-hydrogen) atoms. The summed E-state index contributed by atoms with van der Waals surface area (Å²) in [5, 5.41) is 71.5. The third-order valence-corrected chi connectivity index (χ3v) is 6.41. The van der Waals surface area contributed by atoms with Crippen LogP contribution in [0, 0.1) is 0 Å². The van der Waals surface area contributed by atoms with Crippen molar-refractivity contribution < 1.29 is 54.8 Å². The van der Waals surface area contributed by atoms with Crippen molar-refractivity contribution in [3.63, 3.8) is 0 Å². The average Bonchev–Trinajstić information content (AvgIpc) is 2.86. The number of hydrogen-bond acceptors (Lipinski definition) is 11. The second-order valence-corrected chi connectivity index (χ2v) is 9.31. The van der Waals surface area contributed by atoms with Gasteiger partial charge in [-0.15, -0.1) is 0 Å². The Labute approximate surface area is 212 Å². The van der Waals surface area contributed by atoms with E-state index in [2.05, 4.69) is 0 Å². The maximum Gasteiger partial charge on any atom is 0.229 e. The molecule has 2 aromatic rings. The van der Waals surface area contributed by atoms with E-state index >= 15 is 0 Å². The molecule has 4 rings (SSSR count).